The van der Waals surface area contributed by atoms with E-state index in [2.05, 4.69) is 31.8 Å². The van der Waals surface area contributed by atoms with Crippen molar-refractivity contribution in [1.29, 1.82) is 0 Å². The van der Waals surface area contributed by atoms with Gasteiger partial charge in [-0.05, 0) is 48.9 Å². The van der Waals surface area contributed by atoms with E-state index in [4.69, 9.17) is 4.74 Å². The topological polar surface area (TPSA) is 79.8 Å². The summed E-state index contributed by atoms with van der Waals surface area (Å²) in [6.07, 6.45) is 2.34. The van der Waals surface area contributed by atoms with Crippen molar-refractivity contribution < 1.29 is 18.7 Å². The van der Waals surface area contributed by atoms with E-state index in [9.17, 15) is 14.0 Å². The summed E-state index contributed by atoms with van der Waals surface area (Å²) < 4.78 is 19.3. The summed E-state index contributed by atoms with van der Waals surface area (Å²) in [6.45, 7) is 2.32. The van der Waals surface area contributed by atoms with Gasteiger partial charge in [0.25, 0.3) is 11.8 Å². The molecule has 2 amide bonds. The number of nitrogens with one attached hydrogen (secondary N) is 2. The van der Waals surface area contributed by atoms with E-state index < -0.39 is 17.6 Å². The number of hydrogen-bond donors (Lipinski definition) is 2. The van der Waals surface area contributed by atoms with Crippen molar-refractivity contribution in [3.63, 3.8) is 0 Å². The Hall–Kier alpha value is -2.74. The molecule has 2 rings (SSSR count). The average Bonchev–Trinajstić information content (AvgIpc) is 2.66. The minimum absolute atomic E-state index is 0.259. The molecule has 2 N–H and O–H groups in total. The minimum atomic E-state index is -0.493. The molecule has 0 saturated carbocycles. The van der Waals surface area contributed by atoms with Gasteiger partial charge in [-0.2, -0.15) is 5.10 Å². The Bertz CT molecular complexity index is 825. The van der Waals surface area contributed by atoms with Crippen LogP contribution >= 0.6 is 15.9 Å². The maximum atomic E-state index is 12.8. The van der Waals surface area contributed by atoms with E-state index >= 15 is 0 Å². The molecule has 0 heterocycles. The third-order valence-electron chi connectivity index (χ3n) is 3.34. The summed E-state index contributed by atoms with van der Waals surface area (Å²) in [5, 5.41) is 6.32. The van der Waals surface area contributed by atoms with Crippen LogP contribution in [-0.2, 0) is 4.79 Å². The van der Waals surface area contributed by atoms with Gasteiger partial charge in [-0.15, -0.1) is 0 Å². The van der Waals surface area contributed by atoms with Crippen LogP contribution in [0.2, 0.25) is 0 Å². The van der Waals surface area contributed by atoms with Crippen molar-refractivity contribution in [2.75, 3.05) is 13.2 Å². The number of rotatable bonds is 8. The zero-order valence-electron chi connectivity index (χ0n) is 14.7. The lowest BCUT2D eigenvalue weighted by molar-refractivity contribution is -0.120. The maximum absolute atomic E-state index is 12.8. The first-order chi connectivity index (χ1) is 13.0. The highest BCUT2D eigenvalue weighted by Gasteiger charge is 2.08. The van der Waals surface area contributed by atoms with E-state index in [1.165, 1.54) is 30.5 Å². The molecule has 0 saturated heterocycles. The summed E-state index contributed by atoms with van der Waals surface area (Å²) in [5.74, 6) is -0.750. The first-order valence-electron chi connectivity index (χ1n) is 8.27. The molecule has 0 unspecified atom stereocenters. The summed E-state index contributed by atoms with van der Waals surface area (Å²) in [6, 6.07) is 10.5. The Morgan fingerprint density at radius 1 is 1.22 bits per heavy atom. The van der Waals surface area contributed by atoms with Crippen molar-refractivity contribution in [1.82, 2.24) is 10.7 Å². The van der Waals surface area contributed by atoms with Crippen molar-refractivity contribution >= 4 is 34.0 Å². The van der Waals surface area contributed by atoms with Crippen molar-refractivity contribution in [2.45, 2.75) is 13.3 Å². The molecule has 142 valence electrons. The quantitative estimate of drug-likeness (QED) is 0.493. The molecule has 8 heteroatoms. The second-order valence-corrected chi connectivity index (χ2v) is 6.43. The van der Waals surface area contributed by atoms with Crippen LogP contribution in [0.25, 0.3) is 0 Å². The highest BCUT2D eigenvalue weighted by Crippen LogP contribution is 2.21. The highest BCUT2D eigenvalue weighted by atomic mass is 79.9. The van der Waals surface area contributed by atoms with Gasteiger partial charge in [0.05, 0.1) is 19.4 Å². The highest BCUT2D eigenvalue weighted by molar-refractivity contribution is 9.10. The number of halogens is 2. The predicted molar refractivity (Wildman–Crippen MR) is 104 cm³/mol. The predicted octanol–water partition coefficient (Wildman–Crippen LogP) is 3.26. The lowest BCUT2D eigenvalue weighted by atomic mass is 10.2. The number of hydrazone groups is 1. The SMILES string of the molecule is CCCOc1ccc(Br)cc1/C=N/NC(=O)CNC(=O)c1ccc(F)cc1. The Morgan fingerprint density at radius 3 is 2.67 bits per heavy atom. The largest absolute Gasteiger partial charge is 0.493 e. The molecule has 2 aromatic rings. The van der Waals surface area contributed by atoms with Gasteiger partial charge in [0.2, 0.25) is 0 Å². The fraction of sp³-hybridized carbons (Fsp3) is 0.211. The van der Waals surface area contributed by atoms with Gasteiger partial charge in [0.1, 0.15) is 11.6 Å². The molecule has 0 atom stereocenters. The van der Waals surface area contributed by atoms with E-state index in [0.717, 1.165) is 10.9 Å². The number of benzene rings is 2. The molecule has 27 heavy (non-hydrogen) atoms. The Morgan fingerprint density at radius 2 is 1.96 bits per heavy atom. The van der Waals surface area contributed by atoms with Gasteiger partial charge in [0, 0.05) is 15.6 Å². The number of nitrogens with zero attached hydrogens (tertiary/aromatic N) is 1. The van der Waals surface area contributed by atoms with Crippen molar-refractivity contribution in [3.05, 3.63) is 63.9 Å². The number of carbonyl (C=O) groups is 2. The molecule has 0 fully saturated rings. The van der Waals surface area contributed by atoms with E-state index in [0.29, 0.717) is 17.9 Å². The smallest absolute Gasteiger partial charge is 0.259 e. The van der Waals surface area contributed by atoms with Gasteiger partial charge in [-0.3, -0.25) is 9.59 Å². The molecule has 0 aliphatic heterocycles. The second kappa shape index (κ2) is 10.4. The van der Waals surface area contributed by atoms with Crippen LogP contribution < -0.4 is 15.5 Å². The lowest BCUT2D eigenvalue weighted by Crippen LogP contribution is -2.34. The second-order valence-electron chi connectivity index (χ2n) is 5.51. The standard InChI is InChI=1S/C19H19BrFN3O3/c1-2-9-27-17-8-5-15(20)10-14(17)11-23-24-18(25)12-22-19(26)13-3-6-16(21)7-4-13/h3-8,10-11H,2,9,12H2,1H3,(H,22,26)(H,24,25)/b23-11+. The first-order valence-corrected chi connectivity index (χ1v) is 9.07. The fourth-order valence-electron chi connectivity index (χ4n) is 2.04. The third-order valence-corrected chi connectivity index (χ3v) is 3.84. The summed E-state index contributed by atoms with van der Waals surface area (Å²) in [5.41, 5.74) is 3.30. The Kier molecular flexibility index (Phi) is 7.94. The molecule has 0 aliphatic carbocycles. The molecule has 0 radical (unpaired) electrons. The molecular weight excluding hydrogens is 417 g/mol. The average molecular weight is 436 g/mol. The molecule has 0 spiro atoms. The minimum Gasteiger partial charge on any atom is -0.493 e. The Balaban J connectivity index is 1.87. The van der Waals surface area contributed by atoms with E-state index in [1.807, 2.05) is 25.1 Å². The van der Waals surface area contributed by atoms with E-state index in [1.54, 1.807) is 0 Å². The van der Waals surface area contributed by atoms with Crippen LogP contribution in [-0.4, -0.2) is 31.2 Å². The summed E-state index contributed by atoms with van der Waals surface area (Å²) in [4.78, 5) is 23.7. The molecule has 2 aromatic carbocycles. The van der Waals surface area contributed by atoms with Crippen molar-refractivity contribution in [3.8, 4) is 5.75 Å². The van der Waals surface area contributed by atoms with Crippen LogP contribution in [0, 0.1) is 5.82 Å². The summed E-state index contributed by atoms with van der Waals surface area (Å²) in [7, 11) is 0. The summed E-state index contributed by atoms with van der Waals surface area (Å²) >= 11 is 3.38. The molecule has 0 bridgehead atoms. The van der Waals surface area contributed by atoms with Crippen LogP contribution in [0.4, 0.5) is 4.39 Å². The van der Waals surface area contributed by atoms with Crippen LogP contribution in [0.15, 0.2) is 52.0 Å². The van der Waals surface area contributed by atoms with Crippen molar-refractivity contribution in [2.24, 2.45) is 5.10 Å². The van der Waals surface area contributed by atoms with Gasteiger partial charge in [0.15, 0.2) is 0 Å². The van der Waals surface area contributed by atoms with Gasteiger partial charge in [-0.1, -0.05) is 22.9 Å². The molecular formula is C19H19BrFN3O3. The van der Waals surface area contributed by atoms with Crippen LogP contribution in [0.1, 0.15) is 29.3 Å². The van der Waals surface area contributed by atoms with Crippen LogP contribution in [0.5, 0.6) is 5.75 Å². The maximum Gasteiger partial charge on any atom is 0.259 e. The third kappa shape index (κ3) is 6.82. The Labute approximate surface area is 164 Å². The number of ether oxygens (including phenoxy) is 1. The molecule has 6 nitrogen and oxygen atoms in total. The zero-order valence-corrected chi connectivity index (χ0v) is 16.3. The van der Waals surface area contributed by atoms with Gasteiger partial charge < -0.3 is 10.1 Å². The van der Waals surface area contributed by atoms with E-state index in [-0.39, 0.29) is 12.1 Å². The zero-order chi connectivity index (χ0) is 19.6. The van der Waals surface area contributed by atoms with Crippen LogP contribution in [0.3, 0.4) is 0 Å². The normalized spacial score (nSPS) is 10.6. The fourth-order valence-corrected chi connectivity index (χ4v) is 2.42. The number of amides is 2. The van der Waals surface area contributed by atoms with Gasteiger partial charge >= 0.3 is 0 Å². The lowest BCUT2D eigenvalue weighted by Gasteiger charge is -2.08. The first kappa shape index (κ1) is 20.6. The number of carbonyl (C=O) groups excluding carboxylic acids is 2. The number of hydrogen-bond acceptors (Lipinski definition) is 4. The molecule has 0 aromatic heterocycles. The van der Waals surface area contributed by atoms with Gasteiger partial charge in [-0.25, -0.2) is 9.82 Å². The monoisotopic (exact) mass is 435 g/mol. The molecule has 0 aliphatic rings.